The maximum absolute atomic E-state index is 15.3. The van der Waals surface area contributed by atoms with Crippen LogP contribution in [0, 0.1) is 44.8 Å². The molecular weight excluding hydrogens is 753 g/mol. The molecule has 0 bridgehead atoms. The first-order chi connectivity index (χ1) is 27.0. The molecule has 0 radical (unpaired) electrons. The minimum Gasteiger partial charge on any atom is -0.345 e. The number of allylic oxidation sites excluding steroid dienone is 1. The lowest BCUT2D eigenvalue weighted by atomic mass is 9.73. The van der Waals surface area contributed by atoms with Gasteiger partial charge in [0.15, 0.2) is 11.6 Å². The molecule has 12 heteroatoms. The van der Waals surface area contributed by atoms with E-state index in [0.29, 0.717) is 32.2 Å². The van der Waals surface area contributed by atoms with Gasteiger partial charge in [0.05, 0.1) is 28.3 Å². The Hall–Kier alpha value is -2.60. The minimum atomic E-state index is -3.92. The van der Waals surface area contributed by atoms with Gasteiger partial charge in [-0.25, -0.2) is 8.42 Å². The maximum Gasteiger partial charge on any atom is 0.240 e. The summed E-state index contributed by atoms with van der Waals surface area (Å²) < 4.78 is 27.7. The fourth-order valence-corrected chi connectivity index (χ4v) is 14.0. The fraction of sp³-hybridized carbons (Fsp3) is 0.848. The van der Waals surface area contributed by atoms with Gasteiger partial charge in [0.1, 0.15) is 0 Å². The topological polar surface area (TPSA) is 150 Å². The van der Waals surface area contributed by atoms with Crippen LogP contribution in [0.3, 0.4) is 0 Å². The summed E-state index contributed by atoms with van der Waals surface area (Å²) >= 11 is 0. The summed E-state index contributed by atoms with van der Waals surface area (Å²) in [6.07, 6.45) is 12.9. The first-order valence-electron chi connectivity index (χ1n) is 22.6. The summed E-state index contributed by atoms with van der Waals surface area (Å²) in [6.45, 7) is 21.5. The SMILES string of the molecule is C=C[C@@H]1C[C@]1(CC(=O)[C@@H]1C[C@@]2(CN1C(=O)[C@@H](CC(=O)[C@@H](NC(=O)[C@@H]1CCCN1C(C)C)C1CCCCC1)C(C)(C)C)C(C)(C)C21CCC1)C(=O)NS(=O)(=O)C1(C)CC1. The highest BCUT2D eigenvalue weighted by Crippen LogP contribution is 2.88. The van der Waals surface area contributed by atoms with Crippen LogP contribution in [0.25, 0.3) is 0 Å². The molecule has 0 unspecified atom stereocenters. The van der Waals surface area contributed by atoms with Crippen LogP contribution < -0.4 is 10.0 Å². The molecule has 5 aliphatic carbocycles. The Labute approximate surface area is 348 Å². The number of carbonyl (C=O) groups is 5. The van der Waals surface area contributed by atoms with Crippen molar-refractivity contribution >= 4 is 39.3 Å². The van der Waals surface area contributed by atoms with Crippen molar-refractivity contribution in [3.63, 3.8) is 0 Å². The van der Waals surface area contributed by atoms with Crippen LogP contribution in [0.1, 0.15) is 158 Å². The lowest BCUT2D eigenvalue weighted by Crippen LogP contribution is -2.54. The van der Waals surface area contributed by atoms with E-state index in [0.717, 1.165) is 70.8 Å². The number of nitrogens with one attached hydrogen (secondary N) is 2. The Kier molecular flexibility index (Phi) is 11.1. The van der Waals surface area contributed by atoms with E-state index in [-0.39, 0.29) is 76.4 Å². The van der Waals surface area contributed by atoms with Crippen molar-refractivity contribution in [3.8, 4) is 0 Å². The fourth-order valence-electron chi connectivity index (χ4n) is 12.7. The minimum absolute atomic E-state index is 0.00921. The van der Waals surface area contributed by atoms with E-state index in [1.54, 1.807) is 17.9 Å². The van der Waals surface area contributed by atoms with Crippen LogP contribution in [0.5, 0.6) is 0 Å². The maximum atomic E-state index is 15.3. The molecule has 3 amide bonds. The molecule has 0 aromatic heterocycles. The van der Waals surface area contributed by atoms with Gasteiger partial charge in [-0.3, -0.25) is 33.6 Å². The Morgan fingerprint density at radius 1 is 0.862 bits per heavy atom. The number of likely N-dealkylation sites (tertiary alicyclic amines) is 2. The van der Waals surface area contributed by atoms with Gasteiger partial charge in [-0.1, -0.05) is 66.4 Å². The number of hydrogen-bond donors (Lipinski definition) is 2. The van der Waals surface area contributed by atoms with Crippen molar-refractivity contribution in [2.75, 3.05) is 13.1 Å². The van der Waals surface area contributed by atoms with Gasteiger partial charge < -0.3 is 10.2 Å². The number of nitrogens with zero attached hydrogens (tertiary/aromatic N) is 2. The predicted octanol–water partition coefficient (Wildman–Crippen LogP) is 6.49. The van der Waals surface area contributed by atoms with E-state index >= 15 is 4.79 Å². The van der Waals surface area contributed by atoms with E-state index in [2.05, 4.69) is 49.2 Å². The number of fused-ring (bicyclic) bond motifs is 1. The Morgan fingerprint density at radius 3 is 2.03 bits per heavy atom. The van der Waals surface area contributed by atoms with Crippen LogP contribution >= 0.6 is 0 Å². The second-order valence-corrected chi connectivity index (χ2v) is 24.2. The molecule has 7 fully saturated rings. The highest BCUT2D eigenvalue weighted by molar-refractivity contribution is 7.91. The summed E-state index contributed by atoms with van der Waals surface area (Å²) in [4.78, 5) is 76.8. The first kappa shape index (κ1) is 43.5. The van der Waals surface area contributed by atoms with Crippen molar-refractivity contribution in [1.29, 1.82) is 0 Å². The van der Waals surface area contributed by atoms with E-state index < -0.39 is 49.5 Å². The van der Waals surface area contributed by atoms with Gasteiger partial charge in [0.25, 0.3) is 0 Å². The number of Topliss-reactive ketones (excluding diaryl/α,β-unsaturated/α-hetero) is 2. The molecule has 324 valence electrons. The molecule has 2 heterocycles. The summed E-state index contributed by atoms with van der Waals surface area (Å²) in [6, 6.07) is -1.54. The predicted molar refractivity (Wildman–Crippen MR) is 224 cm³/mol. The van der Waals surface area contributed by atoms with Crippen molar-refractivity contribution < 1.29 is 32.4 Å². The molecule has 0 aromatic carbocycles. The molecule has 2 spiro atoms. The smallest absolute Gasteiger partial charge is 0.240 e. The second kappa shape index (κ2) is 14.8. The molecule has 7 atom stereocenters. The summed E-state index contributed by atoms with van der Waals surface area (Å²) in [7, 11) is -3.92. The number of ketones is 2. The standard InChI is InChI=1S/C46H72N4O7S/c1-10-31-25-44(31,40(55)48-58(56,57)43(9)21-22-43)27-36(52)34-26-46(42(7,8)45(46)19-15-20-45)28-50(34)39(54)32(41(4,5)6)24-35(51)37(30-16-12-11-13-17-30)47-38(53)33-18-14-23-49(33)29(2)3/h10,29-34,37H,1,11-28H2,2-9H3,(H,47,53)(H,48,55)/t31-,32-,33+,34+,37+,44-,46-/m1/s1. The molecule has 5 saturated carbocycles. The van der Waals surface area contributed by atoms with Gasteiger partial charge in [-0.05, 0) is 120 Å². The Balaban J connectivity index is 1.16. The third kappa shape index (κ3) is 6.94. The molecule has 7 rings (SSSR count). The molecular formula is C46H72N4O7S. The molecule has 7 aliphatic rings. The Morgan fingerprint density at radius 2 is 1.52 bits per heavy atom. The molecule has 2 saturated heterocycles. The monoisotopic (exact) mass is 825 g/mol. The average molecular weight is 825 g/mol. The zero-order valence-electron chi connectivity index (χ0n) is 36.7. The Bertz CT molecular complexity index is 1820. The van der Waals surface area contributed by atoms with Crippen LogP contribution in [0.4, 0.5) is 0 Å². The molecule has 2 N–H and O–H groups in total. The summed E-state index contributed by atoms with van der Waals surface area (Å²) in [5.41, 5.74) is -2.19. The number of rotatable bonds is 15. The van der Waals surface area contributed by atoms with Gasteiger partial charge in [0, 0.05) is 36.8 Å². The van der Waals surface area contributed by atoms with Gasteiger partial charge in [-0.15, -0.1) is 6.58 Å². The second-order valence-electron chi connectivity index (χ2n) is 22.0. The van der Waals surface area contributed by atoms with Crippen molar-refractivity contribution in [3.05, 3.63) is 12.7 Å². The highest BCUT2D eigenvalue weighted by Gasteiger charge is 2.85. The van der Waals surface area contributed by atoms with E-state index in [4.69, 9.17) is 0 Å². The average Bonchev–Trinajstić information content (AvgIpc) is 4.00. The van der Waals surface area contributed by atoms with Gasteiger partial charge >= 0.3 is 0 Å². The van der Waals surface area contributed by atoms with Crippen molar-refractivity contribution in [1.82, 2.24) is 19.8 Å². The van der Waals surface area contributed by atoms with Crippen molar-refractivity contribution in [2.45, 2.75) is 187 Å². The van der Waals surface area contributed by atoms with E-state index in [1.807, 2.05) is 20.8 Å². The van der Waals surface area contributed by atoms with Gasteiger partial charge in [0.2, 0.25) is 27.7 Å². The van der Waals surface area contributed by atoms with Gasteiger partial charge in [-0.2, -0.15) is 0 Å². The zero-order chi connectivity index (χ0) is 42.4. The van der Waals surface area contributed by atoms with E-state index in [1.165, 1.54) is 0 Å². The summed E-state index contributed by atoms with van der Waals surface area (Å²) in [5, 5.41) is 3.25. The molecule has 2 aliphatic heterocycles. The third-order valence-electron chi connectivity index (χ3n) is 17.4. The number of hydrogen-bond acceptors (Lipinski definition) is 8. The number of amides is 3. The molecule has 0 aromatic rings. The molecule has 11 nitrogen and oxygen atoms in total. The molecule has 58 heavy (non-hydrogen) atoms. The first-order valence-corrected chi connectivity index (χ1v) is 24.1. The van der Waals surface area contributed by atoms with Crippen LogP contribution in [-0.2, 0) is 34.0 Å². The normalized spacial score (nSPS) is 33.3. The lowest BCUT2D eigenvalue weighted by molar-refractivity contribution is -0.147. The number of carbonyl (C=O) groups excluding carboxylic acids is 5. The van der Waals surface area contributed by atoms with Crippen LogP contribution in [-0.4, -0.2) is 89.5 Å². The largest absolute Gasteiger partial charge is 0.345 e. The van der Waals surface area contributed by atoms with Crippen molar-refractivity contribution in [2.24, 2.45) is 44.8 Å². The number of sulfonamides is 1. The zero-order valence-corrected chi connectivity index (χ0v) is 37.5. The van der Waals surface area contributed by atoms with E-state index in [9.17, 15) is 27.6 Å². The van der Waals surface area contributed by atoms with Crippen LogP contribution in [0.15, 0.2) is 12.7 Å². The third-order valence-corrected chi connectivity index (χ3v) is 19.6. The quantitative estimate of drug-likeness (QED) is 0.178. The van der Waals surface area contributed by atoms with Crippen LogP contribution in [0.2, 0.25) is 0 Å². The summed E-state index contributed by atoms with van der Waals surface area (Å²) in [5.74, 6) is -2.40. The highest BCUT2D eigenvalue weighted by atomic mass is 32.2. The lowest BCUT2D eigenvalue weighted by Gasteiger charge is -2.37.